The normalized spacial score (nSPS) is 12.3. The Morgan fingerprint density at radius 1 is 0.800 bits per heavy atom. The van der Waals surface area contributed by atoms with E-state index >= 15 is 0 Å². The maximum absolute atomic E-state index is 6.03. The molecule has 0 spiro atoms. The lowest BCUT2D eigenvalue weighted by Crippen LogP contribution is -2.01. The van der Waals surface area contributed by atoms with Crippen molar-refractivity contribution in [2.75, 3.05) is 11.5 Å². The number of nitrogen functional groups attached to an aromatic ring is 2. The van der Waals surface area contributed by atoms with Crippen molar-refractivity contribution in [1.29, 1.82) is 0 Å². The summed E-state index contributed by atoms with van der Waals surface area (Å²) in [6, 6.07) is 12.6. The molecule has 2 aromatic carbocycles. The quantitative estimate of drug-likeness (QED) is 0.542. The van der Waals surface area contributed by atoms with Crippen LogP contribution in [0.5, 0.6) is 0 Å². The summed E-state index contributed by atoms with van der Waals surface area (Å²) in [4.78, 5) is 0. The van der Waals surface area contributed by atoms with Crippen molar-refractivity contribution in [3.63, 3.8) is 0 Å². The third-order valence-electron chi connectivity index (χ3n) is 3.04. The summed E-state index contributed by atoms with van der Waals surface area (Å²) in [6.45, 7) is 0. The highest BCUT2D eigenvalue weighted by Gasteiger charge is 2.12. The van der Waals surface area contributed by atoms with Gasteiger partial charge < -0.3 is 11.5 Å². The van der Waals surface area contributed by atoms with Gasteiger partial charge >= 0.3 is 0 Å². The lowest BCUT2D eigenvalue weighted by molar-refractivity contribution is 1.21. The molecule has 74 valence electrons. The van der Waals surface area contributed by atoms with Crippen molar-refractivity contribution >= 4 is 11.4 Å². The van der Waals surface area contributed by atoms with Crippen molar-refractivity contribution in [2.24, 2.45) is 0 Å². The van der Waals surface area contributed by atoms with Gasteiger partial charge in [0, 0.05) is 5.56 Å². The second-order valence-electron chi connectivity index (χ2n) is 3.97. The minimum absolute atomic E-state index is 0.708. The summed E-state index contributed by atoms with van der Waals surface area (Å²) in [5.41, 5.74) is 18.0. The van der Waals surface area contributed by atoms with Crippen LogP contribution in [0.1, 0.15) is 11.1 Å². The Morgan fingerprint density at radius 2 is 1.53 bits per heavy atom. The number of anilines is 2. The molecule has 0 fully saturated rings. The van der Waals surface area contributed by atoms with Gasteiger partial charge in [-0.1, -0.05) is 36.4 Å². The van der Waals surface area contributed by atoms with Gasteiger partial charge in [0.25, 0.3) is 0 Å². The summed E-state index contributed by atoms with van der Waals surface area (Å²) in [5, 5.41) is 0. The largest absolute Gasteiger partial charge is 0.397 e. The van der Waals surface area contributed by atoms with E-state index < -0.39 is 0 Å². The molecule has 2 aromatic rings. The van der Waals surface area contributed by atoms with E-state index in [0.717, 1.165) is 28.8 Å². The molecule has 4 bridgehead atoms. The molecule has 4 aliphatic carbocycles. The van der Waals surface area contributed by atoms with Gasteiger partial charge in [0.05, 0.1) is 11.4 Å². The predicted molar refractivity (Wildman–Crippen MR) is 63.5 cm³/mol. The Hall–Kier alpha value is -1.96. The smallest absolute Gasteiger partial charge is 0.0630 e. The fourth-order valence-corrected chi connectivity index (χ4v) is 2.11. The van der Waals surface area contributed by atoms with Crippen LogP contribution in [-0.2, 0) is 6.42 Å². The van der Waals surface area contributed by atoms with Gasteiger partial charge in [0.1, 0.15) is 0 Å². The molecule has 0 radical (unpaired) electrons. The van der Waals surface area contributed by atoms with Crippen LogP contribution >= 0.6 is 0 Å². The van der Waals surface area contributed by atoms with E-state index in [1.807, 2.05) is 0 Å². The lowest BCUT2D eigenvalue weighted by Gasteiger charge is -2.10. The van der Waals surface area contributed by atoms with Crippen LogP contribution in [0.3, 0.4) is 0 Å². The van der Waals surface area contributed by atoms with Gasteiger partial charge in [-0.3, -0.25) is 0 Å². The molecule has 0 aromatic heterocycles. The highest BCUT2D eigenvalue weighted by molar-refractivity contribution is 5.86. The molecule has 6 rings (SSSR count). The molecule has 0 atom stereocenters. The summed E-state index contributed by atoms with van der Waals surface area (Å²) < 4.78 is 0. The van der Waals surface area contributed by atoms with Crippen LogP contribution in [0.25, 0.3) is 11.1 Å². The molecule has 0 heterocycles. The average Bonchev–Trinajstić information content (AvgIpc) is 2.43. The van der Waals surface area contributed by atoms with Crippen molar-refractivity contribution in [1.82, 2.24) is 0 Å². The molecule has 2 nitrogen and oxygen atoms in total. The van der Waals surface area contributed by atoms with Crippen molar-refractivity contribution in [3.8, 4) is 11.1 Å². The van der Waals surface area contributed by atoms with E-state index in [0.29, 0.717) is 5.69 Å². The van der Waals surface area contributed by atoms with E-state index in [1.165, 1.54) is 5.56 Å². The fourth-order valence-electron chi connectivity index (χ4n) is 2.11. The summed E-state index contributed by atoms with van der Waals surface area (Å²) in [5.74, 6) is 0. The first kappa shape index (κ1) is 8.36. The number of nitrogens with two attached hydrogens (primary N) is 2. The summed E-state index contributed by atoms with van der Waals surface area (Å²) in [7, 11) is 0. The van der Waals surface area contributed by atoms with E-state index in [2.05, 4.69) is 36.4 Å². The van der Waals surface area contributed by atoms with E-state index in [1.54, 1.807) is 0 Å². The molecule has 2 heteroatoms. The molecule has 4 N–H and O–H groups in total. The average molecular weight is 196 g/mol. The van der Waals surface area contributed by atoms with Gasteiger partial charge in [-0.2, -0.15) is 0 Å². The van der Waals surface area contributed by atoms with E-state index in [-0.39, 0.29) is 0 Å². The third-order valence-corrected chi connectivity index (χ3v) is 3.04. The van der Waals surface area contributed by atoms with Crippen LogP contribution in [0, 0.1) is 0 Å². The van der Waals surface area contributed by atoms with Crippen LogP contribution in [0.4, 0.5) is 11.4 Å². The molecule has 0 saturated carbocycles. The van der Waals surface area contributed by atoms with Gasteiger partial charge in [-0.15, -0.1) is 0 Å². The fraction of sp³-hybridized carbons (Fsp3) is 0.0769. The Bertz CT molecular complexity index is 527. The first-order valence-corrected chi connectivity index (χ1v) is 5.02. The first-order chi connectivity index (χ1) is 7.25. The van der Waals surface area contributed by atoms with Crippen LogP contribution < -0.4 is 11.5 Å². The Kier molecular flexibility index (Phi) is 1.54. The number of rotatable bonds is 0. The monoisotopic (exact) mass is 196 g/mol. The molecule has 0 aliphatic heterocycles. The molecule has 0 amide bonds. The summed E-state index contributed by atoms with van der Waals surface area (Å²) >= 11 is 0. The minimum Gasteiger partial charge on any atom is -0.397 e. The number of hydrogen-bond donors (Lipinski definition) is 2. The zero-order valence-electron chi connectivity index (χ0n) is 8.33. The predicted octanol–water partition coefficient (Wildman–Crippen LogP) is 2.42. The number of benzene rings is 2. The maximum atomic E-state index is 6.03. The molecular formula is C13H12N2. The topological polar surface area (TPSA) is 52.0 Å². The molecule has 0 unspecified atom stereocenters. The standard InChI is InChI=1S/C13H12N2/c14-12-10-5-6-11(13(12)15)9-3-1-8(7-10)2-4-9/h1-6H,7,14-15H2. The van der Waals surface area contributed by atoms with Gasteiger partial charge in [0.15, 0.2) is 0 Å². The van der Waals surface area contributed by atoms with Crippen LogP contribution in [0.2, 0.25) is 0 Å². The van der Waals surface area contributed by atoms with E-state index in [4.69, 9.17) is 11.5 Å². The van der Waals surface area contributed by atoms with Gasteiger partial charge in [-0.25, -0.2) is 0 Å². The highest BCUT2D eigenvalue weighted by Crippen LogP contribution is 2.35. The van der Waals surface area contributed by atoms with Gasteiger partial charge in [0.2, 0.25) is 0 Å². The van der Waals surface area contributed by atoms with Crippen molar-refractivity contribution in [3.05, 3.63) is 47.5 Å². The Labute approximate surface area is 88.5 Å². The molecular weight excluding hydrogens is 184 g/mol. The lowest BCUT2D eigenvalue weighted by atomic mass is 10.0. The molecule has 15 heavy (non-hydrogen) atoms. The van der Waals surface area contributed by atoms with Crippen molar-refractivity contribution < 1.29 is 0 Å². The first-order valence-electron chi connectivity index (χ1n) is 5.02. The maximum Gasteiger partial charge on any atom is 0.0630 e. The zero-order chi connectivity index (χ0) is 10.4. The molecule has 4 aliphatic rings. The third kappa shape index (κ3) is 1.11. The van der Waals surface area contributed by atoms with Crippen LogP contribution in [-0.4, -0.2) is 0 Å². The van der Waals surface area contributed by atoms with Gasteiger partial charge in [-0.05, 0) is 23.1 Å². The minimum atomic E-state index is 0.708. The Morgan fingerprint density at radius 3 is 2.27 bits per heavy atom. The molecule has 0 saturated heterocycles. The van der Waals surface area contributed by atoms with Crippen molar-refractivity contribution in [2.45, 2.75) is 6.42 Å². The van der Waals surface area contributed by atoms with E-state index in [9.17, 15) is 0 Å². The Balaban J connectivity index is 2.43. The summed E-state index contributed by atoms with van der Waals surface area (Å²) in [6.07, 6.45) is 0.858. The second kappa shape index (κ2) is 2.76. The zero-order valence-corrected chi connectivity index (χ0v) is 8.33. The number of hydrogen-bond acceptors (Lipinski definition) is 2. The SMILES string of the molecule is Nc1c2ccc(c1N)-c1ccc(cc1)C2. The van der Waals surface area contributed by atoms with Crippen LogP contribution in [0.15, 0.2) is 36.4 Å². The second-order valence-corrected chi connectivity index (χ2v) is 3.97. The highest BCUT2D eigenvalue weighted by atomic mass is 14.7.